The van der Waals surface area contributed by atoms with Gasteiger partial charge in [0.15, 0.2) is 0 Å². The molecule has 0 bridgehead atoms. The summed E-state index contributed by atoms with van der Waals surface area (Å²) in [5.74, 6) is -1.67. The molecule has 20 heavy (non-hydrogen) atoms. The SMILES string of the molecule is O=C(N1CCCC2c3cc(Br)ccc3CC21)C(F)(F)F. The van der Waals surface area contributed by atoms with Crippen LogP contribution in [0.15, 0.2) is 22.7 Å². The fourth-order valence-electron chi connectivity index (χ4n) is 3.41. The summed E-state index contributed by atoms with van der Waals surface area (Å²) in [4.78, 5) is 12.6. The third kappa shape index (κ3) is 2.24. The first kappa shape index (κ1) is 13.9. The highest BCUT2D eigenvalue weighted by atomic mass is 79.9. The molecule has 1 aromatic rings. The van der Waals surface area contributed by atoms with Crippen LogP contribution in [0.4, 0.5) is 13.2 Å². The molecule has 1 amide bonds. The second-order valence-electron chi connectivity index (χ2n) is 5.36. The number of halogens is 4. The second-order valence-corrected chi connectivity index (χ2v) is 6.28. The second kappa shape index (κ2) is 4.76. The summed E-state index contributed by atoms with van der Waals surface area (Å²) in [7, 11) is 0. The van der Waals surface area contributed by atoms with Crippen molar-refractivity contribution in [3.8, 4) is 0 Å². The quantitative estimate of drug-likeness (QED) is 0.701. The normalized spacial score (nSPS) is 25.3. The van der Waals surface area contributed by atoms with E-state index in [9.17, 15) is 18.0 Å². The lowest BCUT2D eigenvalue weighted by Gasteiger charge is -2.38. The van der Waals surface area contributed by atoms with Crippen LogP contribution in [0.1, 0.15) is 29.9 Å². The molecule has 2 atom stereocenters. The van der Waals surface area contributed by atoms with Gasteiger partial charge in [0.2, 0.25) is 0 Å². The maximum absolute atomic E-state index is 12.7. The minimum absolute atomic E-state index is 0.0301. The first-order chi connectivity index (χ1) is 9.38. The van der Waals surface area contributed by atoms with Crippen molar-refractivity contribution in [3.63, 3.8) is 0 Å². The van der Waals surface area contributed by atoms with Crippen LogP contribution < -0.4 is 0 Å². The van der Waals surface area contributed by atoms with E-state index in [1.165, 1.54) is 0 Å². The van der Waals surface area contributed by atoms with E-state index in [4.69, 9.17) is 0 Å². The van der Waals surface area contributed by atoms with Crippen molar-refractivity contribution in [2.75, 3.05) is 6.54 Å². The highest BCUT2D eigenvalue weighted by Crippen LogP contribution is 2.43. The molecule has 0 radical (unpaired) electrons. The van der Waals surface area contributed by atoms with Gasteiger partial charge in [0.1, 0.15) is 0 Å². The topological polar surface area (TPSA) is 20.3 Å². The maximum atomic E-state index is 12.7. The number of amides is 1. The van der Waals surface area contributed by atoms with E-state index in [1.54, 1.807) is 0 Å². The third-order valence-electron chi connectivity index (χ3n) is 4.22. The minimum Gasteiger partial charge on any atom is -0.331 e. The van der Waals surface area contributed by atoms with Crippen LogP contribution in [-0.2, 0) is 11.2 Å². The molecular formula is C14H13BrF3NO. The van der Waals surface area contributed by atoms with Gasteiger partial charge in [0.25, 0.3) is 0 Å². The summed E-state index contributed by atoms with van der Waals surface area (Å²) in [5, 5.41) is 0. The number of benzene rings is 1. The molecule has 1 aliphatic carbocycles. The molecule has 6 heteroatoms. The summed E-state index contributed by atoms with van der Waals surface area (Å²) < 4.78 is 39.0. The molecule has 0 aromatic heterocycles. The van der Waals surface area contributed by atoms with E-state index in [0.29, 0.717) is 12.8 Å². The van der Waals surface area contributed by atoms with E-state index in [-0.39, 0.29) is 18.5 Å². The monoisotopic (exact) mass is 347 g/mol. The van der Waals surface area contributed by atoms with Gasteiger partial charge >= 0.3 is 12.1 Å². The van der Waals surface area contributed by atoms with Crippen molar-refractivity contribution in [2.45, 2.75) is 37.4 Å². The number of nitrogens with zero attached hydrogens (tertiary/aromatic N) is 1. The number of rotatable bonds is 0. The number of hydrogen-bond donors (Lipinski definition) is 0. The summed E-state index contributed by atoms with van der Waals surface area (Å²) in [6.45, 7) is 0.203. The highest BCUT2D eigenvalue weighted by molar-refractivity contribution is 9.10. The fraction of sp³-hybridized carbons (Fsp3) is 0.500. The fourth-order valence-corrected chi connectivity index (χ4v) is 3.79. The molecule has 2 unspecified atom stereocenters. The summed E-state index contributed by atoms with van der Waals surface area (Å²) >= 11 is 3.40. The zero-order valence-corrected chi connectivity index (χ0v) is 12.2. The van der Waals surface area contributed by atoms with E-state index >= 15 is 0 Å². The zero-order chi connectivity index (χ0) is 14.5. The third-order valence-corrected chi connectivity index (χ3v) is 4.71. The lowest BCUT2D eigenvalue weighted by molar-refractivity contribution is -0.189. The lowest BCUT2D eigenvalue weighted by Crippen LogP contribution is -2.51. The van der Waals surface area contributed by atoms with Crippen LogP contribution in [0.3, 0.4) is 0 Å². The first-order valence-corrected chi connectivity index (χ1v) is 7.33. The molecule has 1 heterocycles. The molecular weight excluding hydrogens is 335 g/mol. The van der Waals surface area contributed by atoms with Gasteiger partial charge in [0.05, 0.1) is 0 Å². The van der Waals surface area contributed by atoms with Crippen LogP contribution in [0, 0.1) is 0 Å². The van der Waals surface area contributed by atoms with Gasteiger partial charge in [-0.2, -0.15) is 13.2 Å². The molecule has 2 aliphatic rings. The Balaban J connectivity index is 1.92. The summed E-state index contributed by atoms with van der Waals surface area (Å²) in [6.07, 6.45) is -2.79. The van der Waals surface area contributed by atoms with Crippen molar-refractivity contribution < 1.29 is 18.0 Å². The van der Waals surface area contributed by atoms with E-state index in [1.807, 2.05) is 18.2 Å². The Bertz CT molecular complexity index is 558. The Kier molecular flexibility index (Phi) is 3.31. The number of alkyl halides is 3. The molecule has 1 aromatic carbocycles. The number of carbonyl (C=O) groups excluding carboxylic acids is 1. The highest BCUT2D eigenvalue weighted by Gasteiger charge is 2.49. The summed E-state index contributed by atoms with van der Waals surface area (Å²) in [5.41, 5.74) is 2.15. The van der Waals surface area contributed by atoms with Gasteiger partial charge in [-0.25, -0.2) is 0 Å². The average Bonchev–Trinajstić information content (AvgIpc) is 2.74. The van der Waals surface area contributed by atoms with Gasteiger partial charge in [-0.15, -0.1) is 0 Å². The minimum atomic E-state index is -4.78. The molecule has 0 saturated carbocycles. The lowest BCUT2D eigenvalue weighted by atomic mass is 9.88. The van der Waals surface area contributed by atoms with E-state index < -0.39 is 12.1 Å². The van der Waals surface area contributed by atoms with Crippen LogP contribution in [0.25, 0.3) is 0 Å². The Morgan fingerprint density at radius 3 is 2.80 bits per heavy atom. The van der Waals surface area contributed by atoms with Crippen LogP contribution >= 0.6 is 15.9 Å². The molecule has 3 rings (SSSR count). The van der Waals surface area contributed by atoms with Gasteiger partial charge in [-0.1, -0.05) is 22.0 Å². The number of fused-ring (bicyclic) bond motifs is 3. The Morgan fingerprint density at radius 1 is 1.35 bits per heavy atom. The Hall–Kier alpha value is -1.04. The summed E-state index contributed by atoms with van der Waals surface area (Å²) in [6, 6.07) is 5.46. The van der Waals surface area contributed by atoms with Crippen molar-refractivity contribution >= 4 is 21.8 Å². The van der Waals surface area contributed by atoms with Gasteiger partial charge in [-0.05, 0) is 42.5 Å². The standard InChI is InChI=1S/C14H13BrF3NO/c15-9-4-3-8-6-12-10(11(8)7-9)2-1-5-19(12)13(20)14(16,17)18/h3-4,7,10,12H,1-2,5-6H2. The molecule has 1 aliphatic heterocycles. The number of hydrogen-bond acceptors (Lipinski definition) is 1. The predicted octanol–water partition coefficient (Wildman–Crippen LogP) is 3.64. The van der Waals surface area contributed by atoms with Gasteiger partial charge in [0, 0.05) is 23.0 Å². The van der Waals surface area contributed by atoms with Crippen molar-refractivity contribution in [3.05, 3.63) is 33.8 Å². The number of piperidine rings is 1. The number of likely N-dealkylation sites (tertiary alicyclic amines) is 1. The number of carbonyl (C=O) groups is 1. The van der Waals surface area contributed by atoms with Crippen molar-refractivity contribution in [1.82, 2.24) is 4.90 Å². The molecule has 1 fully saturated rings. The van der Waals surface area contributed by atoms with Gasteiger partial charge < -0.3 is 4.90 Å². The predicted molar refractivity (Wildman–Crippen MR) is 71.4 cm³/mol. The molecule has 108 valence electrons. The maximum Gasteiger partial charge on any atom is 0.471 e. The van der Waals surface area contributed by atoms with E-state index in [0.717, 1.165) is 26.9 Å². The van der Waals surface area contributed by atoms with Crippen LogP contribution in [-0.4, -0.2) is 29.6 Å². The zero-order valence-electron chi connectivity index (χ0n) is 10.6. The van der Waals surface area contributed by atoms with Gasteiger partial charge in [-0.3, -0.25) is 4.79 Å². The Labute approximate surface area is 123 Å². The van der Waals surface area contributed by atoms with Crippen molar-refractivity contribution in [2.24, 2.45) is 0 Å². The largest absolute Gasteiger partial charge is 0.471 e. The molecule has 0 N–H and O–H groups in total. The van der Waals surface area contributed by atoms with Crippen molar-refractivity contribution in [1.29, 1.82) is 0 Å². The first-order valence-electron chi connectivity index (χ1n) is 6.54. The Morgan fingerprint density at radius 2 is 2.10 bits per heavy atom. The van der Waals surface area contributed by atoms with E-state index in [2.05, 4.69) is 15.9 Å². The van der Waals surface area contributed by atoms with Crippen LogP contribution in [0.5, 0.6) is 0 Å². The smallest absolute Gasteiger partial charge is 0.331 e. The molecule has 0 spiro atoms. The van der Waals surface area contributed by atoms with Crippen LogP contribution in [0.2, 0.25) is 0 Å². The molecule has 1 saturated heterocycles. The average molecular weight is 348 g/mol. The molecule has 2 nitrogen and oxygen atoms in total.